The summed E-state index contributed by atoms with van der Waals surface area (Å²) in [5.74, 6) is -3.41. The van der Waals surface area contributed by atoms with Gasteiger partial charge in [-0.15, -0.1) is 0 Å². The van der Waals surface area contributed by atoms with Crippen LogP contribution in [0.5, 0.6) is 5.75 Å². The lowest BCUT2D eigenvalue weighted by Gasteiger charge is -2.32. The molecule has 0 bridgehead atoms. The molecule has 14 heteroatoms. The van der Waals surface area contributed by atoms with E-state index in [4.69, 9.17) is 14.2 Å². The maximum atomic E-state index is 14.2. The molecule has 2 unspecified atom stereocenters. The largest absolute Gasteiger partial charge is 0.491 e. The zero-order valence-electron chi connectivity index (χ0n) is 26.9. The maximum absolute atomic E-state index is 14.2. The number of allylic oxidation sites excluding steroid dienone is 2. The fourth-order valence-electron chi connectivity index (χ4n) is 4.85. The minimum atomic E-state index is -5.04. The number of hydrogen-bond acceptors (Lipinski definition) is 10. The second kappa shape index (κ2) is 15.9. The summed E-state index contributed by atoms with van der Waals surface area (Å²) in [7, 11) is 0. The Balaban J connectivity index is 1.73. The third-order valence-electron chi connectivity index (χ3n) is 7.05. The van der Waals surface area contributed by atoms with Crippen LogP contribution in [0.25, 0.3) is 0 Å². The average Bonchev–Trinajstić information content (AvgIpc) is 3.00. The van der Waals surface area contributed by atoms with Crippen molar-refractivity contribution in [3.05, 3.63) is 92.3 Å². The third-order valence-corrected chi connectivity index (χ3v) is 7.05. The normalized spacial score (nSPS) is 16.0. The van der Waals surface area contributed by atoms with E-state index in [1.54, 1.807) is 12.1 Å². The number of aryl methyl sites for hydroxylation is 1. The number of nitro groups is 1. The molecule has 2 aromatic carbocycles. The number of rotatable bonds is 14. The van der Waals surface area contributed by atoms with E-state index < -0.39 is 52.0 Å². The molecule has 0 aromatic heterocycles. The topological polar surface area (TPSA) is 149 Å². The third kappa shape index (κ3) is 10.5. The number of aliphatic hydroxyl groups is 1. The predicted octanol–water partition coefficient (Wildman–Crippen LogP) is 5.24. The van der Waals surface area contributed by atoms with Crippen LogP contribution in [0.1, 0.15) is 58.1 Å². The quantitative estimate of drug-likeness (QED) is 0.106. The van der Waals surface area contributed by atoms with Gasteiger partial charge in [-0.1, -0.05) is 24.3 Å². The first kappa shape index (κ1) is 37.0. The molecular formula is C33H40F3N3O8. The van der Waals surface area contributed by atoms with Crippen molar-refractivity contribution in [2.24, 2.45) is 0 Å². The van der Waals surface area contributed by atoms with Crippen LogP contribution in [0.2, 0.25) is 0 Å². The number of non-ortho nitro benzene ring substituents is 1. The summed E-state index contributed by atoms with van der Waals surface area (Å²) in [6.07, 6.45) is -4.88. The molecule has 3 N–H and O–H groups in total. The molecule has 256 valence electrons. The van der Waals surface area contributed by atoms with E-state index in [0.29, 0.717) is 25.1 Å². The molecule has 1 aliphatic heterocycles. The van der Waals surface area contributed by atoms with E-state index in [-0.39, 0.29) is 42.2 Å². The van der Waals surface area contributed by atoms with Gasteiger partial charge in [-0.3, -0.25) is 10.1 Å². The summed E-state index contributed by atoms with van der Waals surface area (Å²) in [5, 5.41) is 26.9. The number of nitro benzene ring substituents is 1. The van der Waals surface area contributed by atoms with Gasteiger partial charge in [0.2, 0.25) is 0 Å². The number of alkyl halides is 3. The van der Waals surface area contributed by atoms with Gasteiger partial charge in [-0.05, 0) is 70.7 Å². The van der Waals surface area contributed by atoms with Gasteiger partial charge >= 0.3 is 18.1 Å². The summed E-state index contributed by atoms with van der Waals surface area (Å²) in [4.78, 5) is 37.1. The Morgan fingerprint density at radius 1 is 1.06 bits per heavy atom. The molecule has 0 saturated carbocycles. The van der Waals surface area contributed by atoms with Gasteiger partial charge < -0.3 is 30.0 Å². The van der Waals surface area contributed by atoms with Gasteiger partial charge in [0.15, 0.2) is 0 Å². The minimum absolute atomic E-state index is 0.0860. The molecule has 1 heterocycles. The van der Waals surface area contributed by atoms with Crippen LogP contribution in [-0.4, -0.2) is 66.2 Å². The molecule has 0 saturated heterocycles. The van der Waals surface area contributed by atoms with Crippen LogP contribution in [0.15, 0.2) is 71.1 Å². The number of benzene rings is 2. The molecule has 1 aliphatic rings. The summed E-state index contributed by atoms with van der Waals surface area (Å²) >= 11 is 0. The lowest BCUT2D eigenvalue weighted by molar-refractivity contribution is -0.384. The zero-order valence-corrected chi connectivity index (χ0v) is 26.9. The molecule has 0 radical (unpaired) electrons. The number of nitrogens with one attached hydrogen (secondary N) is 2. The molecule has 0 amide bonds. The van der Waals surface area contributed by atoms with Crippen LogP contribution in [-0.2, 0) is 25.5 Å². The molecular weight excluding hydrogens is 623 g/mol. The Labute approximate surface area is 270 Å². The fraction of sp³-hybridized carbons (Fsp3) is 0.455. The average molecular weight is 664 g/mol. The van der Waals surface area contributed by atoms with E-state index in [0.717, 1.165) is 17.7 Å². The smallest absolute Gasteiger partial charge is 0.431 e. The zero-order chi connectivity index (χ0) is 34.9. The van der Waals surface area contributed by atoms with Crippen LogP contribution in [0, 0.1) is 10.1 Å². The van der Waals surface area contributed by atoms with Gasteiger partial charge in [0.1, 0.15) is 24.2 Å². The van der Waals surface area contributed by atoms with Gasteiger partial charge in [0.25, 0.3) is 5.69 Å². The monoisotopic (exact) mass is 663 g/mol. The molecule has 3 rings (SSSR count). The van der Waals surface area contributed by atoms with Crippen LogP contribution in [0.4, 0.5) is 18.9 Å². The van der Waals surface area contributed by atoms with Crippen molar-refractivity contribution in [3.63, 3.8) is 0 Å². The molecule has 0 aliphatic carbocycles. The first-order valence-electron chi connectivity index (χ1n) is 15.0. The lowest BCUT2D eigenvalue weighted by atomic mass is 9.80. The van der Waals surface area contributed by atoms with E-state index in [1.807, 2.05) is 32.9 Å². The molecule has 2 atom stereocenters. The summed E-state index contributed by atoms with van der Waals surface area (Å²) in [5.41, 5.74) is -2.61. The SMILES string of the molecule is CCOC(=O)C1=C(C(F)(F)F)NC(C)=C(C(=O)OCCCc2ccc(OCC(O)CNC(C)(C)C)cc2)C1c1cccc([N+](=O)[O-])c1. The maximum Gasteiger partial charge on any atom is 0.431 e. The Kier molecular flexibility index (Phi) is 12.5. The van der Waals surface area contributed by atoms with Gasteiger partial charge in [-0.25, -0.2) is 9.59 Å². The number of aliphatic hydroxyl groups excluding tert-OH is 1. The highest BCUT2D eigenvalue weighted by molar-refractivity contribution is 6.00. The van der Waals surface area contributed by atoms with Crippen LogP contribution < -0.4 is 15.4 Å². The van der Waals surface area contributed by atoms with Crippen molar-refractivity contribution in [2.45, 2.75) is 71.2 Å². The second-order valence-electron chi connectivity index (χ2n) is 11.9. The van der Waals surface area contributed by atoms with Gasteiger partial charge in [-0.2, -0.15) is 13.2 Å². The number of halogens is 3. The number of carbonyl (C=O) groups is 2. The standard InChI is InChI=1S/C33H40F3N3O8/c1-6-45-31(42)28-27(22-10-7-11-23(17-22)39(43)44)26(20(2)38-29(28)33(34,35)36)30(41)46-16-8-9-21-12-14-25(15-13-21)47-19-24(40)18-37-32(3,4)5/h7,10-15,17,24,27,37-38,40H,6,8-9,16,18-19H2,1-5H3. The Morgan fingerprint density at radius 3 is 2.32 bits per heavy atom. The number of dihydropyridines is 1. The van der Waals surface area contributed by atoms with E-state index in [1.165, 1.54) is 26.0 Å². The van der Waals surface area contributed by atoms with Crippen LogP contribution in [0.3, 0.4) is 0 Å². The first-order valence-corrected chi connectivity index (χ1v) is 15.0. The Bertz CT molecular complexity index is 1500. The first-order chi connectivity index (χ1) is 22.0. The highest BCUT2D eigenvalue weighted by Gasteiger charge is 2.47. The van der Waals surface area contributed by atoms with Gasteiger partial charge in [0, 0.05) is 29.9 Å². The number of hydrogen-bond donors (Lipinski definition) is 3. The van der Waals surface area contributed by atoms with Crippen LogP contribution >= 0.6 is 0 Å². The number of β-amino-alcohol motifs (C(OH)–C–C–N with tert-alkyl or cyclic N) is 1. The van der Waals surface area contributed by atoms with Crippen molar-refractivity contribution in [1.82, 2.24) is 10.6 Å². The number of carbonyl (C=O) groups excluding carboxylic acids is 2. The summed E-state index contributed by atoms with van der Waals surface area (Å²) in [6, 6.07) is 11.9. The minimum Gasteiger partial charge on any atom is -0.491 e. The molecule has 11 nitrogen and oxygen atoms in total. The fourth-order valence-corrected chi connectivity index (χ4v) is 4.85. The van der Waals surface area contributed by atoms with Crippen molar-refractivity contribution in [2.75, 3.05) is 26.4 Å². The van der Waals surface area contributed by atoms with Gasteiger partial charge in [0.05, 0.1) is 35.2 Å². The van der Waals surface area contributed by atoms with E-state index in [9.17, 15) is 38.0 Å². The Morgan fingerprint density at radius 2 is 1.72 bits per heavy atom. The highest BCUT2D eigenvalue weighted by Crippen LogP contribution is 2.44. The summed E-state index contributed by atoms with van der Waals surface area (Å²) in [6.45, 7) is 8.77. The number of nitrogens with zero attached hydrogens (tertiary/aromatic N) is 1. The van der Waals surface area contributed by atoms with E-state index in [2.05, 4.69) is 10.6 Å². The molecule has 47 heavy (non-hydrogen) atoms. The van der Waals surface area contributed by atoms with E-state index >= 15 is 0 Å². The number of ether oxygens (including phenoxy) is 3. The van der Waals surface area contributed by atoms with Crippen molar-refractivity contribution < 1.29 is 47.0 Å². The van der Waals surface area contributed by atoms with Crippen molar-refractivity contribution in [3.8, 4) is 5.75 Å². The number of esters is 2. The summed E-state index contributed by atoms with van der Waals surface area (Å²) < 4.78 is 58.6. The molecule has 2 aromatic rings. The predicted molar refractivity (Wildman–Crippen MR) is 166 cm³/mol. The lowest BCUT2D eigenvalue weighted by Crippen LogP contribution is -2.42. The van der Waals surface area contributed by atoms with Crippen molar-refractivity contribution in [1.29, 1.82) is 0 Å². The molecule has 0 spiro atoms. The Hall–Kier alpha value is -4.43. The molecule has 0 fully saturated rings. The highest BCUT2D eigenvalue weighted by atomic mass is 19.4. The van der Waals surface area contributed by atoms with Crippen molar-refractivity contribution >= 4 is 17.6 Å². The second-order valence-corrected chi connectivity index (χ2v) is 11.9.